The largest absolute Gasteiger partial charge is 0.494 e. The summed E-state index contributed by atoms with van der Waals surface area (Å²) >= 11 is 0. The Balaban J connectivity index is 1.94. The van der Waals surface area contributed by atoms with Crippen LogP contribution in [0.2, 0.25) is 0 Å². The van der Waals surface area contributed by atoms with Gasteiger partial charge in [0.2, 0.25) is 0 Å². The highest BCUT2D eigenvalue weighted by molar-refractivity contribution is 5.78. The minimum Gasteiger partial charge on any atom is -0.494 e. The van der Waals surface area contributed by atoms with E-state index in [1.165, 1.54) is 13.2 Å². The van der Waals surface area contributed by atoms with E-state index in [-0.39, 0.29) is 24.3 Å². The number of benzene rings is 2. The molecule has 1 atom stereocenters. The molecule has 0 unspecified atom stereocenters. The first-order chi connectivity index (χ1) is 11.4. The van der Waals surface area contributed by atoms with Crippen molar-refractivity contribution in [3.05, 3.63) is 58.9 Å². The van der Waals surface area contributed by atoms with Crippen LogP contribution >= 0.6 is 0 Å². The Kier molecular flexibility index (Phi) is 5.79. The Labute approximate surface area is 141 Å². The number of ether oxygens (including phenoxy) is 2. The summed E-state index contributed by atoms with van der Waals surface area (Å²) in [5, 5.41) is 2.79. The molecule has 0 heterocycles. The molecule has 128 valence electrons. The van der Waals surface area contributed by atoms with E-state index in [0.717, 1.165) is 11.1 Å². The molecule has 0 bridgehead atoms. The van der Waals surface area contributed by atoms with Gasteiger partial charge in [0.25, 0.3) is 5.91 Å². The third-order valence-corrected chi connectivity index (χ3v) is 3.76. The Morgan fingerprint density at radius 1 is 1.17 bits per heavy atom. The molecule has 1 amide bonds. The molecule has 0 spiro atoms. The van der Waals surface area contributed by atoms with E-state index in [9.17, 15) is 9.18 Å². The fraction of sp³-hybridized carbons (Fsp3) is 0.316. The molecule has 0 radical (unpaired) electrons. The van der Waals surface area contributed by atoms with Crippen LogP contribution in [0.5, 0.6) is 11.5 Å². The molecule has 0 saturated heterocycles. The molecule has 0 aliphatic heterocycles. The van der Waals surface area contributed by atoms with Gasteiger partial charge in [-0.1, -0.05) is 18.2 Å². The molecule has 0 aromatic heterocycles. The Morgan fingerprint density at radius 2 is 1.92 bits per heavy atom. The van der Waals surface area contributed by atoms with Crippen LogP contribution < -0.4 is 14.8 Å². The van der Waals surface area contributed by atoms with Gasteiger partial charge in [0.1, 0.15) is 5.75 Å². The van der Waals surface area contributed by atoms with Crippen LogP contribution in [0.3, 0.4) is 0 Å². The molecule has 0 aliphatic carbocycles. The Bertz CT molecular complexity index is 731. The monoisotopic (exact) mass is 331 g/mol. The van der Waals surface area contributed by atoms with Crippen molar-refractivity contribution in [3.8, 4) is 11.5 Å². The van der Waals surface area contributed by atoms with Crippen molar-refractivity contribution >= 4 is 5.91 Å². The molecule has 2 aromatic rings. The third-order valence-electron chi connectivity index (χ3n) is 3.76. The number of carbonyl (C=O) groups excluding carboxylic acids is 1. The summed E-state index contributed by atoms with van der Waals surface area (Å²) in [6.07, 6.45) is 0. The quantitative estimate of drug-likeness (QED) is 0.878. The topological polar surface area (TPSA) is 47.6 Å². The lowest BCUT2D eigenvalue weighted by atomic mass is 10.1. The number of halogens is 1. The van der Waals surface area contributed by atoms with E-state index in [1.807, 2.05) is 32.0 Å². The summed E-state index contributed by atoms with van der Waals surface area (Å²) in [4.78, 5) is 12.0. The second-order valence-corrected chi connectivity index (χ2v) is 5.74. The number of rotatable bonds is 6. The van der Waals surface area contributed by atoms with Crippen molar-refractivity contribution in [3.63, 3.8) is 0 Å². The maximum atomic E-state index is 13.7. The molecule has 24 heavy (non-hydrogen) atoms. The number of carbonyl (C=O) groups is 1. The molecule has 0 aliphatic rings. The first kappa shape index (κ1) is 17.8. The van der Waals surface area contributed by atoms with E-state index >= 15 is 0 Å². The number of hydrogen-bond donors (Lipinski definition) is 1. The van der Waals surface area contributed by atoms with Crippen LogP contribution in [0.25, 0.3) is 0 Å². The van der Waals surface area contributed by atoms with Crippen LogP contribution in [0.15, 0.2) is 36.4 Å². The first-order valence-electron chi connectivity index (χ1n) is 7.73. The fourth-order valence-electron chi connectivity index (χ4n) is 2.32. The number of methoxy groups -OCH3 is 1. The molecule has 2 aromatic carbocycles. The minimum atomic E-state index is -0.456. The summed E-state index contributed by atoms with van der Waals surface area (Å²) in [5.74, 6) is 0.145. The lowest BCUT2D eigenvalue weighted by molar-refractivity contribution is -0.123. The van der Waals surface area contributed by atoms with Crippen LogP contribution in [-0.4, -0.2) is 19.6 Å². The second-order valence-electron chi connectivity index (χ2n) is 5.74. The predicted octanol–water partition coefficient (Wildman–Crippen LogP) is 3.71. The Morgan fingerprint density at radius 3 is 2.58 bits per heavy atom. The van der Waals surface area contributed by atoms with Gasteiger partial charge >= 0.3 is 0 Å². The SMILES string of the molecule is COc1ccc([C@H](C)NC(=O)COc2cc(C)ccc2C)cc1F. The highest BCUT2D eigenvalue weighted by Crippen LogP contribution is 2.22. The zero-order valence-corrected chi connectivity index (χ0v) is 14.4. The molecule has 2 rings (SSSR count). The molecule has 4 nitrogen and oxygen atoms in total. The van der Waals surface area contributed by atoms with E-state index in [4.69, 9.17) is 9.47 Å². The summed E-state index contributed by atoms with van der Waals surface area (Å²) < 4.78 is 24.2. The van der Waals surface area contributed by atoms with E-state index in [0.29, 0.717) is 11.3 Å². The number of amides is 1. The van der Waals surface area contributed by atoms with E-state index in [2.05, 4.69) is 5.32 Å². The van der Waals surface area contributed by atoms with Gasteiger partial charge in [-0.15, -0.1) is 0 Å². The van der Waals surface area contributed by atoms with Gasteiger partial charge in [-0.25, -0.2) is 4.39 Å². The maximum absolute atomic E-state index is 13.7. The summed E-state index contributed by atoms with van der Waals surface area (Å²) in [6, 6.07) is 10.1. The predicted molar refractivity (Wildman–Crippen MR) is 90.9 cm³/mol. The third kappa shape index (κ3) is 4.47. The van der Waals surface area contributed by atoms with Crippen LogP contribution in [0.1, 0.15) is 29.7 Å². The standard InChI is InChI=1S/C19H22FNO3/c1-12-5-6-13(2)18(9-12)24-11-19(22)21-14(3)15-7-8-17(23-4)16(20)10-15/h5-10,14H,11H2,1-4H3,(H,21,22)/t14-/m0/s1. The second kappa shape index (κ2) is 7.81. The highest BCUT2D eigenvalue weighted by Gasteiger charge is 2.13. The van der Waals surface area contributed by atoms with Crippen molar-refractivity contribution in [2.24, 2.45) is 0 Å². The average Bonchev–Trinajstić information content (AvgIpc) is 2.55. The van der Waals surface area contributed by atoms with Crippen LogP contribution in [0.4, 0.5) is 4.39 Å². The Hall–Kier alpha value is -2.56. The lowest BCUT2D eigenvalue weighted by Crippen LogP contribution is -2.31. The average molecular weight is 331 g/mol. The van der Waals surface area contributed by atoms with Gasteiger partial charge in [0.05, 0.1) is 13.2 Å². The molecular formula is C19H22FNO3. The van der Waals surface area contributed by atoms with Gasteiger partial charge in [-0.05, 0) is 55.7 Å². The van der Waals surface area contributed by atoms with Crippen molar-refractivity contribution < 1.29 is 18.7 Å². The number of aryl methyl sites for hydroxylation is 2. The van der Waals surface area contributed by atoms with E-state index < -0.39 is 5.82 Å². The summed E-state index contributed by atoms with van der Waals surface area (Å²) in [5.41, 5.74) is 2.70. The van der Waals surface area contributed by atoms with Gasteiger partial charge in [-0.3, -0.25) is 4.79 Å². The van der Waals surface area contributed by atoms with Gasteiger partial charge in [0, 0.05) is 0 Å². The maximum Gasteiger partial charge on any atom is 0.258 e. The van der Waals surface area contributed by atoms with E-state index in [1.54, 1.807) is 19.1 Å². The lowest BCUT2D eigenvalue weighted by Gasteiger charge is -2.16. The normalized spacial score (nSPS) is 11.7. The smallest absolute Gasteiger partial charge is 0.258 e. The molecule has 0 saturated carbocycles. The molecule has 5 heteroatoms. The zero-order chi connectivity index (χ0) is 17.7. The van der Waals surface area contributed by atoms with Crippen molar-refractivity contribution in [1.82, 2.24) is 5.32 Å². The van der Waals surface area contributed by atoms with Gasteiger partial charge < -0.3 is 14.8 Å². The van der Waals surface area contributed by atoms with Crippen molar-refractivity contribution in [1.29, 1.82) is 0 Å². The van der Waals surface area contributed by atoms with Crippen LogP contribution in [-0.2, 0) is 4.79 Å². The van der Waals surface area contributed by atoms with Crippen molar-refractivity contribution in [2.75, 3.05) is 13.7 Å². The highest BCUT2D eigenvalue weighted by atomic mass is 19.1. The summed E-state index contributed by atoms with van der Waals surface area (Å²) in [7, 11) is 1.41. The number of hydrogen-bond acceptors (Lipinski definition) is 3. The van der Waals surface area contributed by atoms with Crippen LogP contribution in [0, 0.1) is 19.7 Å². The van der Waals surface area contributed by atoms with Gasteiger partial charge in [-0.2, -0.15) is 0 Å². The number of nitrogens with one attached hydrogen (secondary N) is 1. The molecule has 1 N–H and O–H groups in total. The van der Waals surface area contributed by atoms with Crippen molar-refractivity contribution in [2.45, 2.75) is 26.8 Å². The minimum absolute atomic E-state index is 0.0900. The summed E-state index contributed by atoms with van der Waals surface area (Å²) in [6.45, 7) is 5.59. The van der Waals surface area contributed by atoms with Gasteiger partial charge in [0.15, 0.2) is 18.2 Å². The zero-order valence-electron chi connectivity index (χ0n) is 14.4. The molecule has 0 fully saturated rings. The first-order valence-corrected chi connectivity index (χ1v) is 7.73. The fourth-order valence-corrected chi connectivity index (χ4v) is 2.32. The molecular weight excluding hydrogens is 309 g/mol.